The normalized spacial score (nSPS) is 11.8. The second-order valence-electron chi connectivity index (χ2n) is 5.42. The third-order valence-electron chi connectivity index (χ3n) is 3.50. The van der Waals surface area contributed by atoms with Gasteiger partial charge in [-0.1, -0.05) is 23.2 Å². The third kappa shape index (κ3) is 5.18. The predicted molar refractivity (Wildman–Crippen MR) is 97.8 cm³/mol. The van der Waals surface area contributed by atoms with Gasteiger partial charge in [0.05, 0.1) is 17.1 Å². The summed E-state index contributed by atoms with van der Waals surface area (Å²) in [7, 11) is 0. The quantitative estimate of drug-likeness (QED) is 0.556. The minimum Gasteiger partial charge on any atom is -0.492 e. The summed E-state index contributed by atoms with van der Waals surface area (Å²) in [5.74, 6) is 0.238. The molecule has 7 nitrogen and oxygen atoms in total. The number of ether oxygens (including phenoxy) is 4. The van der Waals surface area contributed by atoms with Crippen LogP contribution in [0.1, 0.15) is 10.4 Å². The van der Waals surface area contributed by atoms with Crippen LogP contribution in [0.3, 0.4) is 0 Å². The summed E-state index contributed by atoms with van der Waals surface area (Å²) in [6.45, 7) is 0.133. The number of amides is 1. The van der Waals surface area contributed by atoms with Gasteiger partial charge in [0.25, 0.3) is 5.91 Å². The first-order valence-corrected chi connectivity index (χ1v) is 8.70. The molecule has 3 rings (SSSR count). The van der Waals surface area contributed by atoms with E-state index in [1.165, 1.54) is 12.1 Å². The van der Waals surface area contributed by atoms with E-state index in [0.29, 0.717) is 22.3 Å². The number of esters is 1. The summed E-state index contributed by atoms with van der Waals surface area (Å²) < 4.78 is 20.8. The fourth-order valence-electron chi connectivity index (χ4n) is 2.24. The number of hydrogen-bond donors (Lipinski definition) is 1. The molecule has 0 aromatic heterocycles. The van der Waals surface area contributed by atoms with Crippen molar-refractivity contribution in [2.24, 2.45) is 0 Å². The molecule has 0 aliphatic carbocycles. The van der Waals surface area contributed by atoms with Crippen LogP contribution >= 0.6 is 23.2 Å². The molecule has 0 saturated heterocycles. The highest BCUT2D eigenvalue weighted by molar-refractivity contribution is 6.32. The van der Waals surface area contributed by atoms with Crippen LogP contribution in [0.4, 0.5) is 0 Å². The summed E-state index contributed by atoms with van der Waals surface area (Å²) in [6, 6.07) is 9.71. The zero-order chi connectivity index (χ0) is 19.2. The molecular formula is C18H15Cl2NO6. The van der Waals surface area contributed by atoms with Crippen molar-refractivity contribution in [2.75, 3.05) is 26.6 Å². The Bertz CT molecular complexity index is 840. The Morgan fingerprint density at radius 2 is 1.89 bits per heavy atom. The summed E-state index contributed by atoms with van der Waals surface area (Å²) in [6.07, 6.45) is 0. The molecule has 2 aromatic rings. The van der Waals surface area contributed by atoms with Crippen LogP contribution in [0.25, 0.3) is 0 Å². The first-order chi connectivity index (χ1) is 13.0. The Kier molecular flexibility index (Phi) is 6.26. The molecule has 0 radical (unpaired) electrons. The number of rotatable bonds is 7. The van der Waals surface area contributed by atoms with Gasteiger partial charge in [-0.05, 0) is 36.4 Å². The maximum Gasteiger partial charge on any atom is 0.338 e. The van der Waals surface area contributed by atoms with Crippen molar-refractivity contribution < 1.29 is 28.5 Å². The Labute approximate surface area is 165 Å². The van der Waals surface area contributed by atoms with E-state index in [9.17, 15) is 9.59 Å². The highest BCUT2D eigenvalue weighted by atomic mass is 35.5. The van der Waals surface area contributed by atoms with Gasteiger partial charge in [-0.25, -0.2) is 4.79 Å². The van der Waals surface area contributed by atoms with Crippen LogP contribution in [-0.4, -0.2) is 38.4 Å². The van der Waals surface area contributed by atoms with E-state index < -0.39 is 18.5 Å². The number of halogens is 2. The van der Waals surface area contributed by atoms with Crippen LogP contribution in [0.15, 0.2) is 36.4 Å². The number of nitrogens with one attached hydrogen (secondary N) is 1. The van der Waals surface area contributed by atoms with Crippen molar-refractivity contribution in [3.8, 4) is 17.2 Å². The molecular weight excluding hydrogens is 397 g/mol. The average molecular weight is 412 g/mol. The largest absolute Gasteiger partial charge is 0.492 e. The van der Waals surface area contributed by atoms with E-state index in [0.717, 1.165) is 0 Å². The molecule has 1 amide bonds. The molecule has 0 unspecified atom stereocenters. The van der Waals surface area contributed by atoms with E-state index in [1.54, 1.807) is 24.3 Å². The first-order valence-electron chi connectivity index (χ1n) is 7.94. The highest BCUT2D eigenvalue weighted by Gasteiger charge is 2.21. The van der Waals surface area contributed by atoms with Crippen molar-refractivity contribution in [3.63, 3.8) is 0 Å². The van der Waals surface area contributed by atoms with Crippen LogP contribution in [0.2, 0.25) is 10.0 Å². The molecule has 0 spiro atoms. The minimum atomic E-state index is -0.692. The summed E-state index contributed by atoms with van der Waals surface area (Å²) in [4.78, 5) is 23.8. The van der Waals surface area contributed by atoms with Crippen molar-refractivity contribution >= 4 is 35.1 Å². The topological polar surface area (TPSA) is 83.1 Å². The lowest BCUT2D eigenvalue weighted by atomic mass is 10.2. The first kappa shape index (κ1) is 19.1. The second kappa shape index (κ2) is 8.83. The number of benzene rings is 2. The maximum absolute atomic E-state index is 12.1. The molecule has 0 fully saturated rings. The smallest absolute Gasteiger partial charge is 0.338 e. The molecule has 142 valence electrons. The van der Waals surface area contributed by atoms with E-state index in [4.69, 9.17) is 42.1 Å². The number of carbonyl (C=O) groups is 2. The zero-order valence-electron chi connectivity index (χ0n) is 14.0. The zero-order valence-corrected chi connectivity index (χ0v) is 15.5. The molecule has 2 aromatic carbocycles. The molecule has 0 atom stereocenters. The van der Waals surface area contributed by atoms with Crippen LogP contribution in [0.5, 0.6) is 17.2 Å². The van der Waals surface area contributed by atoms with Gasteiger partial charge in [-0.15, -0.1) is 0 Å². The van der Waals surface area contributed by atoms with E-state index in [2.05, 4.69) is 5.32 Å². The van der Waals surface area contributed by atoms with Crippen molar-refractivity contribution in [1.29, 1.82) is 0 Å². The third-order valence-corrected chi connectivity index (χ3v) is 4.04. The molecule has 0 bridgehead atoms. The molecule has 27 heavy (non-hydrogen) atoms. The van der Waals surface area contributed by atoms with E-state index >= 15 is 0 Å². The van der Waals surface area contributed by atoms with Gasteiger partial charge in [-0.2, -0.15) is 0 Å². The standard InChI is InChI=1S/C18H15Cl2NO6/c19-12-1-3-13(4-2-12)24-6-5-21-16(22)9-25-18(23)11-7-14(20)17-15(8-11)26-10-27-17/h1-4,7-8H,5-6,9-10H2,(H,21,22). The molecule has 1 N–H and O–H groups in total. The summed E-state index contributed by atoms with van der Waals surface area (Å²) >= 11 is 11.8. The highest BCUT2D eigenvalue weighted by Crippen LogP contribution is 2.39. The lowest BCUT2D eigenvalue weighted by molar-refractivity contribution is -0.124. The van der Waals surface area contributed by atoms with E-state index in [-0.39, 0.29) is 30.5 Å². The molecule has 1 heterocycles. The van der Waals surface area contributed by atoms with Crippen LogP contribution in [0, 0.1) is 0 Å². The predicted octanol–water partition coefficient (Wildman–Crippen LogP) is 3.07. The van der Waals surface area contributed by atoms with Crippen molar-refractivity contribution in [1.82, 2.24) is 5.32 Å². The van der Waals surface area contributed by atoms with Gasteiger partial charge in [0, 0.05) is 5.02 Å². The molecule has 9 heteroatoms. The molecule has 0 saturated carbocycles. The Balaban J connectivity index is 1.39. The fraction of sp³-hybridized carbons (Fsp3) is 0.222. The van der Waals surface area contributed by atoms with Gasteiger partial charge in [-0.3, -0.25) is 4.79 Å². The summed E-state index contributed by atoms with van der Waals surface area (Å²) in [5, 5.41) is 3.44. The molecule has 1 aliphatic rings. The lowest BCUT2D eigenvalue weighted by Crippen LogP contribution is -2.32. The number of carbonyl (C=O) groups excluding carboxylic acids is 2. The van der Waals surface area contributed by atoms with E-state index in [1.807, 2.05) is 0 Å². The Morgan fingerprint density at radius 3 is 2.67 bits per heavy atom. The monoisotopic (exact) mass is 411 g/mol. The SMILES string of the molecule is O=C(COC(=O)c1cc(Cl)c2c(c1)OCO2)NCCOc1ccc(Cl)cc1. The Hall–Kier alpha value is -2.64. The average Bonchev–Trinajstić information content (AvgIpc) is 3.14. The Morgan fingerprint density at radius 1 is 1.11 bits per heavy atom. The minimum absolute atomic E-state index is 0.0358. The fourth-order valence-corrected chi connectivity index (χ4v) is 2.63. The van der Waals surface area contributed by atoms with Gasteiger partial charge < -0.3 is 24.3 Å². The van der Waals surface area contributed by atoms with Crippen molar-refractivity contribution in [3.05, 3.63) is 52.0 Å². The van der Waals surface area contributed by atoms with Gasteiger partial charge in [0.15, 0.2) is 18.1 Å². The van der Waals surface area contributed by atoms with Crippen molar-refractivity contribution in [2.45, 2.75) is 0 Å². The molecule has 1 aliphatic heterocycles. The maximum atomic E-state index is 12.1. The number of fused-ring (bicyclic) bond motifs is 1. The van der Waals surface area contributed by atoms with Crippen LogP contribution in [-0.2, 0) is 9.53 Å². The summed E-state index contributed by atoms with van der Waals surface area (Å²) in [5.41, 5.74) is 0.170. The van der Waals surface area contributed by atoms with Gasteiger partial charge >= 0.3 is 5.97 Å². The van der Waals surface area contributed by atoms with Gasteiger partial charge in [0.2, 0.25) is 6.79 Å². The van der Waals surface area contributed by atoms with Gasteiger partial charge in [0.1, 0.15) is 12.4 Å². The lowest BCUT2D eigenvalue weighted by Gasteiger charge is -2.09. The van der Waals surface area contributed by atoms with Crippen LogP contribution < -0.4 is 19.5 Å². The second-order valence-corrected chi connectivity index (χ2v) is 6.26. The number of hydrogen-bond acceptors (Lipinski definition) is 6.